The molecule has 2 rings (SSSR count). The van der Waals surface area contributed by atoms with E-state index in [0.29, 0.717) is 6.42 Å². The van der Waals surface area contributed by atoms with Gasteiger partial charge in [0, 0.05) is 0 Å². The first-order chi connectivity index (χ1) is 8.40. The normalized spacial score (nSPS) is 22.4. The topological polar surface area (TPSA) is 35.5 Å². The molecule has 0 heterocycles. The smallest absolute Gasteiger partial charge is 0.469 e. The molecule has 0 N–H and O–H groups in total. The van der Waals surface area contributed by atoms with Gasteiger partial charge in [-0.3, -0.25) is 4.79 Å². The number of hydrogen-bond acceptors (Lipinski definition) is 3. The average Bonchev–Trinajstić information content (AvgIpc) is 3.07. The largest absolute Gasteiger partial charge is 0.573 e. The summed E-state index contributed by atoms with van der Waals surface area (Å²) in [6, 6.07) is 5.56. The third-order valence-corrected chi connectivity index (χ3v) is 2.84. The zero-order chi connectivity index (χ0) is 13.3. The number of methoxy groups -OCH3 is 1. The SMILES string of the molecule is COC(=O)[C@H]1C[C@@H]1c1ccc(OC(F)(F)F)cc1. The lowest BCUT2D eigenvalue weighted by atomic mass is 10.1. The van der Waals surface area contributed by atoms with Crippen molar-refractivity contribution >= 4 is 5.97 Å². The van der Waals surface area contributed by atoms with Gasteiger partial charge in [-0.1, -0.05) is 12.1 Å². The maximum atomic E-state index is 11.9. The van der Waals surface area contributed by atoms with E-state index in [1.807, 2.05) is 0 Å². The number of ether oxygens (including phenoxy) is 2. The number of hydrogen-bond donors (Lipinski definition) is 0. The Morgan fingerprint density at radius 3 is 2.39 bits per heavy atom. The zero-order valence-corrected chi connectivity index (χ0v) is 9.53. The van der Waals surface area contributed by atoms with E-state index in [2.05, 4.69) is 9.47 Å². The molecule has 3 nitrogen and oxygen atoms in total. The third kappa shape index (κ3) is 2.94. The van der Waals surface area contributed by atoms with Gasteiger partial charge in [-0.05, 0) is 30.0 Å². The van der Waals surface area contributed by atoms with Gasteiger partial charge in [0.1, 0.15) is 5.75 Å². The molecule has 1 fully saturated rings. The van der Waals surface area contributed by atoms with Crippen LogP contribution in [0.15, 0.2) is 24.3 Å². The highest BCUT2D eigenvalue weighted by molar-refractivity contribution is 5.77. The van der Waals surface area contributed by atoms with E-state index in [9.17, 15) is 18.0 Å². The molecule has 2 atom stereocenters. The summed E-state index contributed by atoms with van der Waals surface area (Å²) in [5, 5.41) is 0. The van der Waals surface area contributed by atoms with Crippen LogP contribution >= 0.6 is 0 Å². The molecule has 0 aliphatic heterocycles. The van der Waals surface area contributed by atoms with Crippen molar-refractivity contribution in [1.82, 2.24) is 0 Å². The lowest BCUT2D eigenvalue weighted by molar-refractivity contribution is -0.274. The van der Waals surface area contributed by atoms with Crippen LogP contribution in [0.1, 0.15) is 17.9 Å². The van der Waals surface area contributed by atoms with E-state index in [0.717, 1.165) is 5.56 Å². The van der Waals surface area contributed by atoms with Crippen LogP contribution in [0.4, 0.5) is 13.2 Å². The zero-order valence-electron chi connectivity index (χ0n) is 9.53. The molecular weight excluding hydrogens is 249 g/mol. The predicted octanol–water partition coefficient (Wildman–Crippen LogP) is 2.86. The molecular formula is C12H11F3O3. The van der Waals surface area contributed by atoms with E-state index < -0.39 is 6.36 Å². The minimum Gasteiger partial charge on any atom is -0.469 e. The van der Waals surface area contributed by atoms with Crippen molar-refractivity contribution in [2.45, 2.75) is 18.7 Å². The van der Waals surface area contributed by atoms with Crippen LogP contribution in [0.3, 0.4) is 0 Å². The third-order valence-electron chi connectivity index (χ3n) is 2.84. The Hall–Kier alpha value is -1.72. The number of carbonyl (C=O) groups is 1. The summed E-state index contributed by atoms with van der Waals surface area (Å²) < 4.78 is 44.2. The molecule has 98 valence electrons. The fraction of sp³-hybridized carbons (Fsp3) is 0.417. The Morgan fingerprint density at radius 1 is 1.28 bits per heavy atom. The molecule has 0 amide bonds. The van der Waals surface area contributed by atoms with Gasteiger partial charge in [0.2, 0.25) is 0 Å². The Balaban J connectivity index is 1.99. The Bertz CT molecular complexity index is 439. The van der Waals surface area contributed by atoms with Crippen molar-refractivity contribution in [3.05, 3.63) is 29.8 Å². The summed E-state index contributed by atoms with van der Waals surface area (Å²) in [6.45, 7) is 0. The molecule has 1 saturated carbocycles. The van der Waals surface area contributed by atoms with Crippen molar-refractivity contribution in [3.63, 3.8) is 0 Å². The van der Waals surface area contributed by atoms with E-state index >= 15 is 0 Å². The first kappa shape index (κ1) is 12.7. The Morgan fingerprint density at radius 2 is 1.89 bits per heavy atom. The second kappa shape index (κ2) is 4.51. The summed E-state index contributed by atoms with van der Waals surface area (Å²) in [7, 11) is 1.32. The fourth-order valence-corrected chi connectivity index (χ4v) is 1.89. The molecule has 1 aliphatic rings. The lowest BCUT2D eigenvalue weighted by Gasteiger charge is -2.09. The van der Waals surface area contributed by atoms with Gasteiger partial charge < -0.3 is 9.47 Å². The molecule has 0 bridgehead atoms. The molecule has 0 radical (unpaired) electrons. The van der Waals surface area contributed by atoms with Crippen molar-refractivity contribution in [1.29, 1.82) is 0 Å². The van der Waals surface area contributed by atoms with Gasteiger partial charge in [0.05, 0.1) is 13.0 Å². The van der Waals surface area contributed by atoms with Crippen molar-refractivity contribution < 1.29 is 27.4 Å². The predicted molar refractivity (Wildman–Crippen MR) is 56.0 cm³/mol. The first-order valence-electron chi connectivity index (χ1n) is 5.34. The van der Waals surface area contributed by atoms with E-state index in [1.165, 1.54) is 31.4 Å². The van der Waals surface area contributed by atoms with Crippen molar-refractivity contribution in [3.8, 4) is 5.75 Å². The number of halogens is 3. The highest BCUT2D eigenvalue weighted by Gasteiger charge is 2.44. The van der Waals surface area contributed by atoms with Gasteiger partial charge in [0.15, 0.2) is 0 Å². The van der Waals surface area contributed by atoms with E-state index in [1.54, 1.807) is 0 Å². The number of alkyl halides is 3. The standard InChI is InChI=1S/C12H11F3O3/c1-17-11(16)10-6-9(10)7-2-4-8(5-3-7)18-12(13,14)15/h2-5,9-10H,6H2,1H3/t9-,10+/m1/s1. The summed E-state index contributed by atoms with van der Waals surface area (Å²) in [5.41, 5.74) is 0.819. The highest BCUT2D eigenvalue weighted by atomic mass is 19.4. The fourth-order valence-electron chi connectivity index (χ4n) is 1.89. The number of esters is 1. The first-order valence-corrected chi connectivity index (χ1v) is 5.34. The number of carbonyl (C=O) groups excluding carboxylic acids is 1. The van der Waals surface area contributed by atoms with E-state index in [4.69, 9.17) is 0 Å². The molecule has 0 unspecified atom stereocenters. The minimum atomic E-state index is -4.68. The molecule has 18 heavy (non-hydrogen) atoms. The maximum Gasteiger partial charge on any atom is 0.573 e. The van der Waals surface area contributed by atoms with Crippen molar-refractivity contribution in [2.75, 3.05) is 7.11 Å². The Labute approximate surface area is 102 Å². The summed E-state index contributed by atoms with van der Waals surface area (Å²) in [6.07, 6.45) is -4.01. The van der Waals surface area contributed by atoms with Crippen LogP contribution in [0.5, 0.6) is 5.75 Å². The summed E-state index contributed by atoms with van der Waals surface area (Å²) >= 11 is 0. The maximum absolute atomic E-state index is 11.9. The van der Waals surface area contributed by atoms with Gasteiger partial charge >= 0.3 is 12.3 Å². The second-order valence-corrected chi connectivity index (χ2v) is 4.09. The quantitative estimate of drug-likeness (QED) is 0.784. The van der Waals surface area contributed by atoms with Crippen LogP contribution in [0.25, 0.3) is 0 Å². The Kier molecular flexibility index (Phi) is 3.19. The van der Waals surface area contributed by atoms with Gasteiger partial charge in [-0.2, -0.15) is 0 Å². The van der Waals surface area contributed by atoms with Crippen LogP contribution in [-0.4, -0.2) is 19.4 Å². The van der Waals surface area contributed by atoms with E-state index in [-0.39, 0.29) is 23.6 Å². The molecule has 6 heteroatoms. The molecule has 0 aromatic heterocycles. The van der Waals surface area contributed by atoms with Crippen molar-refractivity contribution in [2.24, 2.45) is 5.92 Å². The molecule has 0 saturated heterocycles. The summed E-state index contributed by atoms with van der Waals surface area (Å²) in [4.78, 5) is 11.2. The van der Waals surface area contributed by atoms with Crippen LogP contribution in [0.2, 0.25) is 0 Å². The monoisotopic (exact) mass is 260 g/mol. The van der Waals surface area contributed by atoms with Gasteiger partial charge in [-0.15, -0.1) is 13.2 Å². The van der Waals surface area contributed by atoms with Gasteiger partial charge in [-0.25, -0.2) is 0 Å². The highest BCUT2D eigenvalue weighted by Crippen LogP contribution is 2.48. The van der Waals surface area contributed by atoms with Crippen LogP contribution < -0.4 is 4.74 Å². The molecule has 1 aromatic carbocycles. The van der Waals surface area contributed by atoms with Crippen LogP contribution in [-0.2, 0) is 9.53 Å². The molecule has 1 aliphatic carbocycles. The number of benzene rings is 1. The minimum absolute atomic E-state index is 0.0392. The average molecular weight is 260 g/mol. The molecule has 1 aromatic rings. The summed E-state index contributed by atoms with van der Waals surface area (Å²) in [5.74, 6) is -0.682. The van der Waals surface area contributed by atoms with Gasteiger partial charge in [0.25, 0.3) is 0 Å². The lowest BCUT2D eigenvalue weighted by Crippen LogP contribution is -2.17. The number of rotatable bonds is 3. The van der Waals surface area contributed by atoms with Crippen LogP contribution in [0, 0.1) is 5.92 Å². The second-order valence-electron chi connectivity index (χ2n) is 4.09. The molecule has 0 spiro atoms.